The van der Waals surface area contributed by atoms with Gasteiger partial charge in [-0.15, -0.1) is 0 Å². The van der Waals surface area contributed by atoms with Gasteiger partial charge in [-0.05, 0) is 12.0 Å². The number of ether oxygens (including phenoxy) is 2. The molecule has 0 saturated carbocycles. The van der Waals surface area contributed by atoms with Gasteiger partial charge in [0.25, 0.3) is 0 Å². The molecule has 0 radical (unpaired) electrons. The van der Waals surface area contributed by atoms with Crippen molar-refractivity contribution in [2.75, 3.05) is 32.1 Å². The number of hydrogen-bond donors (Lipinski definition) is 3. The van der Waals surface area contributed by atoms with Crippen molar-refractivity contribution in [3.63, 3.8) is 0 Å². The lowest BCUT2D eigenvalue weighted by Crippen LogP contribution is -2.33. The summed E-state index contributed by atoms with van der Waals surface area (Å²) in [6.07, 6.45) is -0.173. The van der Waals surface area contributed by atoms with Crippen LogP contribution in [0.4, 0.5) is 5.82 Å². The summed E-state index contributed by atoms with van der Waals surface area (Å²) in [5.74, 6) is 0.524. The van der Waals surface area contributed by atoms with Crippen molar-refractivity contribution < 1.29 is 19.7 Å². The monoisotopic (exact) mass is 364 g/mol. The topological polar surface area (TPSA) is 163 Å². The van der Waals surface area contributed by atoms with E-state index in [4.69, 9.17) is 15.0 Å². The molecule has 0 aliphatic carbocycles. The molecule has 12 heteroatoms. The van der Waals surface area contributed by atoms with Gasteiger partial charge in [0, 0.05) is 25.1 Å². The third-order valence-electron chi connectivity index (χ3n) is 4.09. The van der Waals surface area contributed by atoms with Crippen LogP contribution in [0, 0.1) is 0 Å². The molecule has 1 saturated heterocycles. The van der Waals surface area contributed by atoms with Crippen molar-refractivity contribution in [2.45, 2.75) is 31.0 Å². The smallest absolute Gasteiger partial charge is 0.167 e. The highest BCUT2D eigenvalue weighted by Crippen LogP contribution is 2.32. The molecule has 3 heterocycles. The maximum Gasteiger partial charge on any atom is 0.167 e. The van der Waals surface area contributed by atoms with Crippen molar-refractivity contribution in [2.24, 2.45) is 5.11 Å². The summed E-state index contributed by atoms with van der Waals surface area (Å²) in [6.45, 7) is 1.09. The van der Waals surface area contributed by atoms with E-state index >= 15 is 0 Å². The van der Waals surface area contributed by atoms with Crippen LogP contribution in [0.15, 0.2) is 17.8 Å². The molecular weight excluding hydrogens is 344 g/mol. The Labute approximate surface area is 148 Å². The fourth-order valence-corrected chi connectivity index (χ4v) is 2.83. The van der Waals surface area contributed by atoms with Crippen molar-refractivity contribution >= 4 is 17.0 Å². The number of rotatable bonds is 8. The predicted octanol–water partition coefficient (Wildman–Crippen LogP) is 0.204. The fourth-order valence-electron chi connectivity index (χ4n) is 2.83. The van der Waals surface area contributed by atoms with E-state index in [0.29, 0.717) is 36.5 Å². The summed E-state index contributed by atoms with van der Waals surface area (Å²) < 4.78 is 12.3. The first-order chi connectivity index (χ1) is 12.7. The van der Waals surface area contributed by atoms with Gasteiger partial charge < -0.3 is 25.0 Å². The van der Waals surface area contributed by atoms with Crippen molar-refractivity contribution in [1.82, 2.24) is 19.5 Å². The second-order valence-electron chi connectivity index (χ2n) is 5.78. The lowest BCUT2D eigenvalue weighted by molar-refractivity contribution is -0.0580. The maximum atomic E-state index is 10.3. The van der Waals surface area contributed by atoms with E-state index in [1.54, 1.807) is 4.57 Å². The van der Waals surface area contributed by atoms with Gasteiger partial charge in [-0.1, -0.05) is 5.11 Å². The van der Waals surface area contributed by atoms with E-state index in [1.807, 2.05) is 0 Å². The van der Waals surface area contributed by atoms with Gasteiger partial charge in [0.1, 0.15) is 24.6 Å². The summed E-state index contributed by atoms with van der Waals surface area (Å²) in [6, 6.07) is 0. The zero-order valence-electron chi connectivity index (χ0n) is 14.1. The van der Waals surface area contributed by atoms with Crippen LogP contribution in [0.25, 0.3) is 21.6 Å². The van der Waals surface area contributed by atoms with Gasteiger partial charge in [0.15, 0.2) is 23.2 Å². The number of aromatic nitrogens is 4. The molecule has 1 fully saturated rings. The number of nitrogens with one attached hydrogen (secondary N) is 1. The standard InChI is InChI=1S/C14H20N8O4/c1-25-5-8-10(23)11(24)14(26-8)22-7-19-9-12(17-6-18-13(9)22)16-3-2-4-20-21-15/h6-8,10-11,14,23-24H,2-5H2,1H3,(H,16,17,18)/t8-,10-,11-,14-/m1/s1. The minimum absolute atomic E-state index is 0.161. The van der Waals surface area contributed by atoms with Crippen LogP contribution < -0.4 is 5.32 Å². The molecule has 0 amide bonds. The van der Waals surface area contributed by atoms with Crippen LogP contribution in [0.3, 0.4) is 0 Å². The third-order valence-corrected chi connectivity index (χ3v) is 4.09. The molecule has 12 nitrogen and oxygen atoms in total. The summed E-state index contributed by atoms with van der Waals surface area (Å²) in [5.41, 5.74) is 9.25. The van der Waals surface area contributed by atoms with Gasteiger partial charge in [-0.3, -0.25) is 4.57 Å². The Bertz CT molecular complexity index is 792. The first kappa shape index (κ1) is 18.3. The predicted molar refractivity (Wildman–Crippen MR) is 90.2 cm³/mol. The molecule has 2 aromatic rings. The van der Waals surface area contributed by atoms with E-state index in [0.717, 1.165) is 0 Å². The zero-order valence-corrected chi connectivity index (χ0v) is 14.1. The van der Waals surface area contributed by atoms with Gasteiger partial charge in [0.05, 0.1) is 12.9 Å². The number of aliphatic hydroxyl groups is 2. The highest BCUT2D eigenvalue weighted by atomic mass is 16.6. The van der Waals surface area contributed by atoms with Crippen molar-refractivity contribution in [3.8, 4) is 0 Å². The van der Waals surface area contributed by atoms with E-state index in [-0.39, 0.29) is 6.61 Å². The average Bonchev–Trinajstić information content (AvgIpc) is 3.19. The molecule has 26 heavy (non-hydrogen) atoms. The van der Waals surface area contributed by atoms with Gasteiger partial charge in [0.2, 0.25) is 0 Å². The number of methoxy groups -OCH3 is 1. The molecule has 3 N–H and O–H groups in total. The van der Waals surface area contributed by atoms with E-state index in [2.05, 4.69) is 30.3 Å². The second kappa shape index (κ2) is 8.25. The zero-order chi connectivity index (χ0) is 18.5. The number of aliphatic hydroxyl groups excluding tert-OH is 2. The molecule has 1 aliphatic heterocycles. The molecule has 140 valence electrons. The van der Waals surface area contributed by atoms with Crippen LogP contribution in [0.2, 0.25) is 0 Å². The normalized spacial score (nSPS) is 25.3. The number of fused-ring (bicyclic) bond motifs is 1. The molecule has 0 spiro atoms. The fraction of sp³-hybridized carbons (Fsp3) is 0.643. The third kappa shape index (κ3) is 3.54. The van der Waals surface area contributed by atoms with Gasteiger partial charge >= 0.3 is 0 Å². The quantitative estimate of drug-likeness (QED) is 0.259. The Hall–Kier alpha value is -2.50. The number of imidazole rings is 1. The first-order valence-electron chi connectivity index (χ1n) is 8.10. The Morgan fingerprint density at radius 1 is 1.38 bits per heavy atom. The summed E-state index contributed by atoms with van der Waals surface area (Å²) >= 11 is 0. The lowest BCUT2D eigenvalue weighted by Gasteiger charge is -2.16. The average molecular weight is 364 g/mol. The highest BCUT2D eigenvalue weighted by Gasteiger charge is 2.44. The molecule has 4 atom stereocenters. The van der Waals surface area contributed by atoms with Crippen LogP contribution in [0.5, 0.6) is 0 Å². The molecule has 0 aromatic carbocycles. The maximum absolute atomic E-state index is 10.3. The number of azide groups is 1. The van der Waals surface area contributed by atoms with E-state index in [1.165, 1.54) is 19.8 Å². The molecular formula is C14H20N8O4. The number of nitrogens with zero attached hydrogens (tertiary/aromatic N) is 7. The number of hydrogen-bond acceptors (Lipinski definition) is 9. The second-order valence-corrected chi connectivity index (χ2v) is 5.78. The van der Waals surface area contributed by atoms with Crippen LogP contribution in [-0.4, -0.2) is 74.9 Å². The molecule has 1 aliphatic rings. The largest absolute Gasteiger partial charge is 0.387 e. The van der Waals surface area contributed by atoms with Gasteiger partial charge in [-0.25, -0.2) is 15.0 Å². The minimum atomic E-state index is -1.14. The molecule has 0 unspecified atom stereocenters. The first-order valence-corrected chi connectivity index (χ1v) is 8.10. The highest BCUT2D eigenvalue weighted by molar-refractivity contribution is 5.82. The van der Waals surface area contributed by atoms with E-state index < -0.39 is 24.5 Å². The minimum Gasteiger partial charge on any atom is -0.387 e. The van der Waals surface area contributed by atoms with Crippen molar-refractivity contribution in [3.05, 3.63) is 23.1 Å². The van der Waals surface area contributed by atoms with Crippen molar-refractivity contribution in [1.29, 1.82) is 0 Å². The number of anilines is 1. The summed E-state index contributed by atoms with van der Waals surface area (Å²) in [5, 5.41) is 27.0. The Morgan fingerprint density at radius 3 is 3.00 bits per heavy atom. The lowest BCUT2D eigenvalue weighted by atomic mass is 10.1. The summed E-state index contributed by atoms with van der Waals surface area (Å²) in [7, 11) is 1.50. The Kier molecular flexibility index (Phi) is 5.81. The Morgan fingerprint density at radius 2 is 2.23 bits per heavy atom. The van der Waals surface area contributed by atoms with E-state index in [9.17, 15) is 10.2 Å². The van der Waals surface area contributed by atoms with Crippen LogP contribution in [-0.2, 0) is 9.47 Å². The molecule has 3 rings (SSSR count). The van der Waals surface area contributed by atoms with Gasteiger partial charge in [-0.2, -0.15) is 0 Å². The summed E-state index contributed by atoms with van der Waals surface area (Å²) in [4.78, 5) is 15.4. The van der Waals surface area contributed by atoms with Crippen LogP contribution in [0.1, 0.15) is 12.6 Å². The Balaban J connectivity index is 1.79. The van der Waals surface area contributed by atoms with Crippen LogP contribution >= 0.6 is 0 Å². The SMILES string of the molecule is COC[C@H]1O[C@@H](n2cnc3c(NCCCN=[N+]=[N-])ncnc32)[C@H](O)[C@@H]1O. The molecule has 2 aromatic heterocycles. The molecule has 0 bridgehead atoms.